The van der Waals surface area contributed by atoms with Crippen molar-refractivity contribution < 1.29 is 14.3 Å². The Kier molecular flexibility index (Phi) is 5.31. The number of amides is 1. The lowest BCUT2D eigenvalue weighted by molar-refractivity contribution is -0.109. The van der Waals surface area contributed by atoms with Gasteiger partial charge < -0.3 is 9.53 Å². The summed E-state index contributed by atoms with van der Waals surface area (Å²) < 4.78 is 5.42. The number of carbonyl (C=O) groups is 2. The largest absolute Gasteiger partial charge is 0.443 e. The van der Waals surface area contributed by atoms with E-state index in [0.717, 1.165) is 6.29 Å². The molecular formula is C16H23NO3. The predicted octanol–water partition coefficient (Wildman–Crippen LogP) is 3.65. The van der Waals surface area contributed by atoms with Crippen molar-refractivity contribution in [2.24, 2.45) is 5.92 Å². The molecule has 0 spiro atoms. The van der Waals surface area contributed by atoms with Gasteiger partial charge in [0.25, 0.3) is 0 Å². The van der Waals surface area contributed by atoms with Crippen LogP contribution in [0.5, 0.6) is 0 Å². The molecule has 1 unspecified atom stereocenters. The molecule has 0 aromatic heterocycles. The fraction of sp³-hybridized carbons (Fsp3) is 0.500. The van der Waals surface area contributed by atoms with Crippen LogP contribution in [-0.2, 0) is 9.53 Å². The van der Waals surface area contributed by atoms with Gasteiger partial charge in [-0.1, -0.05) is 32.0 Å². The van der Waals surface area contributed by atoms with Crippen molar-refractivity contribution in [3.8, 4) is 0 Å². The SMILES string of the molecule is CC(C)C(C=O)N(C(=O)OC(C)(C)C)c1ccccc1. The highest BCUT2D eigenvalue weighted by Gasteiger charge is 2.31. The maximum atomic E-state index is 12.4. The van der Waals surface area contributed by atoms with Gasteiger partial charge in [-0.15, -0.1) is 0 Å². The van der Waals surface area contributed by atoms with Gasteiger partial charge in [-0.2, -0.15) is 0 Å². The maximum absolute atomic E-state index is 12.4. The Morgan fingerprint density at radius 1 is 1.20 bits per heavy atom. The van der Waals surface area contributed by atoms with Crippen molar-refractivity contribution in [2.75, 3.05) is 4.90 Å². The number of rotatable bonds is 4. The normalized spacial score (nSPS) is 12.9. The van der Waals surface area contributed by atoms with Crippen molar-refractivity contribution >= 4 is 18.1 Å². The van der Waals surface area contributed by atoms with Crippen LogP contribution in [0, 0.1) is 5.92 Å². The zero-order valence-electron chi connectivity index (χ0n) is 12.8. The highest BCUT2D eigenvalue weighted by molar-refractivity contribution is 5.92. The van der Waals surface area contributed by atoms with Crippen LogP contribution in [0.1, 0.15) is 34.6 Å². The number of nitrogens with zero attached hydrogens (tertiary/aromatic N) is 1. The van der Waals surface area contributed by atoms with Crippen LogP contribution in [0.25, 0.3) is 0 Å². The second kappa shape index (κ2) is 6.55. The average molecular weight is 277 g/mol. The van der Waals surface area contributed by atoms with Gasteiger partial charge in [0, 0.05) is 5.69 Å². The Balaban J connectivity index is 3.14. The number of hydrogen-bond acceptors (Lipinski definition) is 3. The number of hydrogen-bond donors (Lipinski definition) is 0. The molecule has 0 heterocycles. The van der Waals surface area contributed by atoms with Crippen molar-refractivity contribution in [1.82, 2.24) is 0 Å². The fourth-order valence-electron chi connectivity index (χ4n) is 1.82. The Morgan fingerprint density at radius 3 is 2.15 bits per heavy atom. The van der Waals surface area contributed by atoms with Gasteiger partial charge in [-0.3, -0.25) is 4.90 Å². The minimum atomic E-state index is -0.603. The van der Waals surface area contributed by atoms with E-state index in [4.69, 9.17) is 4.74 Å². The predicted molar refractivity (Wildman–Crippen MR) is 79.8 cm³/mol. The molecular weight excluding hydrogens is 254 g/mol. The summed E-state index contributed by atoms with van der Waals surface area (Å²) >= 11 is 0. The molecule has 0 N–H and O–H groups in total. The van der Waals surface area contributed by atoms with E-state index >= 15 is 0 Å². The van der Waals surface area contributed by atoms with E-state index in [1.54, 1.807) is 32.9 Å². The number of ether oxygens (including phenoxy) is 1. The molecule has 4 heteroatoms. The minimum Gasteiger partial charge on any atom is -0.443 e. The number of carbonyl (C=O) groups excluding carboxylic acids is 2. The van der Waals surface area contributed by atoms with Crippen molar-refractivity contribution in [3.63, 3.8) is 0 Å². The zero-order chi connectivity index (χ0) is 15.3. The summed E-state index contributed by atoms with van der Waals surface area (Å²) in [4.78, 5) is 25.2. The molecule has 0 aliphatic carbocycles. The summed E-state index contributed by atoms with van der Waals surface area (Å²) in [6, 6.07) is 8.56. The summed E-state index contributed by atoms with van der Waals surface area (Å²) in [7, 11) is 0. The number of aldehydes is 1. The van der Waals surface area contributed by atoms with E-state index in [-0.39, 0.29) is 5.92 Å². The Bertz CT molecular complexity index is 449. The molecule has 0 aliphatic heterocycles. The van der Waals surface area contributed by atoms with Gasteiger partial charge in [-0.05, 0) is 38.8 Å². The molecule has 1 atom stereocenters. The Hall–Kier alpha value is -1.84. The molecule has 0 fully saturated rings. The smallest absolute Gasteiger partial charge is 0.415 e. The molecule has 20 heavy (non-hydrogen) atoms. The van der Waals surface area contributed by atoms with Crippen LogP contribution >= 0.6 is 0 Å². The van der Waals surface area contributed by atoms with Crippen LogP contribution in [0.15, 0.2) is 30.3 Å². The van der Waals surface area contributed by atoms with E-state index in [0.29, 0.717) is 5.69 Å². The summed E-state index contributed by atoms with van der Waals surface area (Å²) in [6.07, 6.45) is 0.288. The monoisotopic (exact) mass is 277 g/mol. The molecule has 1 rings (SSSR count). The molecule has 0 radical (unpaired) electrons. The molecule has 1 aromatic carbocycles. The van der Waals surface area contributed by atoms with E-state index < -0.39 is 17.7 Å². The third-order valence-electron chi connectivity index (χ3n) is 2.75. The molecule has 0 aliphatic rings. The van der Waals surface area contributed by atoms with Crippen LogP contribution in [0.2, 0.25) is 0 Å². The first-order valence-electron chi connectivity index (χ1n) is 6.79. The number of anilines is 1. The lowest BCUT2D eigenvalue weighted by atomic mass is 10.0. The quantitative estimate of drug-likeness (QED) is 0.789. The second-order valence-electron chi connectivity index (χ2n) is 6.06. The van der Waals surface area contributed by atoms with Gasteiger partial charge in [-0.25, -0.2) is 4.79 Å². The summed E-state index contributed by atoms with van der Waals surface area (Å²) in [5, 5.41) is 0. The number of benzene rings is 1. The van der Waals surface area contributed by atoms with Crippen molar-refractivity contribution in [1.29, 1.82) is 0 Å². The fourth-order valence-corrected chi connectivity index (χ4v) is 1.82. The summed E-state index contributed by atoms with van der Waals surface area (Å²) in [5.41, 5.74) is 0.0571. The molecule has 0 saturated carbocycles. The van der Waals surface area contributed by atoms with Crippen molar-refractivity contribution in [3.05, 3.63) is 30.3 Å². The Morgan fingerprint density at radius 2 is 1.75 bits per heavy atom. The second-order valence-corrected chi connectivity index (χ2v) is 6.06. The maximum Gasteiger partial charge on any atom is 0.415 e. The topological polar surface area (TPSA) is 46.6 Å². The average Bonchev–Trinajstić information content (AvgIpc) is 2.33. The zero-order valence-corrected chi connectivity index (χ0v) is 12.8. The van der Waals surface area contributed by atoms with Crippen LogP contribution in [0.4, 0.5) is 10.5 Å². The van der Waals surface area contributed by atoms with E-state index in [2.05, 4.69) is 0 Å². The van der Waals surface area contributed by atoms with E-state index in [9.17, 15) is 9.59 Å². The van der Waals surface area contributed by atoms with Gasteiger partial charge in [0.05, 0.1) is 6.04 Å². The third-order valence-corrected chi connectivity index (χ3v) is 2.75. The van der Waals surface area contributed by atoms with E-state index in [1.165, 1.54) is 4.90 Å². The molecule has 1 aromatic rings. The highest BCUT2D eigenvalue weighted by atomic mass is 16.6. The molecule has 0 saturated heterocycles. The molecule has 110 valence electrons. The number of para-hydroxylation sites is 1. The van der Waals surface area contributed by atoms with E-state index in [1.807, 2.05) is 32.0 Å². The minimum absolute atomic E-state index is 0.000208. The standard InChI is InChI=1S/C16H23NO3/c1-12(2)14(11-18)17(13-9-7-6-8-10-13)15(19)20-16(3,4)5/h6-12,14H,1-5H3. The van der Waals surface area contributed by atoms with Gasteiger partial charge in [0.1, 0.15) is 11.9 Å². The van der Waals surface area contributed by atoms with Gasteiger partial charge >= 0.3 is 6.09 Å². The van der Waals surface area contributed by atoms with Gasteiger partial charge in [0.2, 0.25) is 0 Å². The summed E-state index contributed by atoms with van der Waals surface area (Å²) in [6.45, 7) is 9.22. The highest BCUT2D eigenvalue weighted by Crippen LogP contribution is 2.23. The first-order chi connectivity index (χ1) is 9.26. The molecule has 4 nitrogen and oxygen atoms in total. The third kappa shape index (κ3) is 4.37. The Labute approximate surface area is 120 Å². The van der Waals surface area contributed by atoms with Crippen LogP contribution in [0.3, 0.4) is 0 Å². The molecule has 1 amide bonds. The lowest BCUT2D eigenvalue weighted by Crippen LogP contribution is -2.47. The first-order valence-corrected chi connectivity index (χ1v) is 6.79. The van der Waals surface area contributed by atoms with Crippen LogP contribution in [-0.4, -0.2) is 24.0 Å². The lowest BCUT2D eigenvalue weighted by Gasteiger charge is -2.32. The first kappa shape index (κ1) is 16.2. The van der Waals surface area contributed by atoms with Crippen molar-refractivity contribution in [2.45, 2.75) is 46.3 Å². The molecule has 0 bridgehead atoms. The summed E-state index contributed by atoms with van der Waals surface area (Å²) in [5.74, 6) is 0.000208. The van der Waals surface area contributed by atoms with Crippen LogP contribution < -0.4 is 4.90 Å². The van der Waals surface area contributed by atoms with Gasteiger partial charge in [0.15, 0.2) is 0 Å².